The lowest BCUT2D eigenvalue weighted by Gasteiger charge is -2.09. The summed E-state index contributed by atoms with van der Waals surface area (Å²) in [4.78, 5) is 4.02. The molecule has 0 aliphatic rings. The van der Waals surface area contributed by atoms with E-state index in [4.69, 9.17) is 12.2 Å². The van der Waals surface area contributed by atoms with E-state index in [0.29, 0.717) is 0 Å². The molecule has 0 aromatic carbocycles. The number of pyridine rings is 1. The quantitative estimate of drug-likeness (QED) is 0.630. The fourth-order valence-corrected chi connectivity index (χ4v) is 1.15. The van der Waals surface area contributed by atoms with Crippen LogP contribution in [0, 0.1) is 19.3 Å². The summed E-state index contributed by atoms with van der Waals surface area (Å²) in [7, 11) is 0. The molecular formula is C10H12N2. The second kappa shape index (κ2) is 3.38. The molecule has 0 amide bonds. The van der Waals surface area contributed by atoms with Gasteiger partial charge in [-0.15, -0.1) is 6.42 Å². The van der Waals surface area contributed by atoms with E-state index in [-0.39, 0.29) is 6.04 Å². The van der Waals surface area contributed by atoms with Crippen LogP contribution in [0.4, 0.5) is 0 Å². The molecule has 0 saturated carbocycles. The Balaban J connectivity index is 3.25. The smallest absolute Gasteiger partial charge is 0.0458 e. The van der Waals surface area contributed by atoms with E-state index in [9.17, 15) is 0 Å². The molecule has 2 nitrogen and oxygen atoms in total. The number of rotatable bonds is 1. The largest absolute Gasteiger partial charge is 0.324 e. The van der Waals surface area contributed by atoms with E-state index in [0.717, 1.165) is 16.7 Å². The van der Waals surface area contributed by atoms with Gasteiger partial charge in [0.25, 0.3) is 0 Å². The molecule has 2 N–H and O–H groups in total. The minimum Gasteiger partial charge on any atom is -0.324 e. The van der Waals surface area contributed by atoms with Crippen LogP contribution in [-0.4, -0.2) is 4.98 Å². The molecule has 0 spiro atoms. The first-order valence-electron chi connectivity index (χ1n) is 3.83. The summed E-state index contributed by atoms with van der Waals surface area (Å²) in [5.41, 5.74) is 8.63. The molecule has 2 heteroatoms. The lowest BCUT2D eigenvalue weighted by atomic mass is 10.0. The second-order valence-electron chi connectivity index (χ2n) is 2.83. The molecule has 0 aliphatic carbocycles. The molecule has 1 aromatic heterocycles. The average molecular weight is 160 g/mol. The third-order valence-electron chi connectivity index (χ3n) is 1.90. The number of nitrogens with zero attached hydrogens (tertiary/aromatic N) is 1. The Bertz CT molecular complexity index is 321. The van der Waals surface area contributed by atoms with Crippen LogP contribution in [0.5, 0.6) is 0 Å². The Morgan fingerprint density at radius 2 is 2.25 bits per heavy atom. The highest BCUT2D eigenvalue weighted by Crippen LogP contribution is 2.16. The van der Waals surface area contributed by atoms with Gasteiger partial charge in [0.2, 0.25) is 0 Å². The van der Waals surface area contributed by atoms with Crippen LogP contribution < -0.4 is 5.73 Å². The molecule has 1 rings (SSSR count). The molecule has 0 bridgehead atoms. The van der Waals surface area contributed by atoms with Crippen molar-refractivity contribution >= 4 is 0 Å². The first-order chi connectivity index (χ1) is 5.66. The zero-order valence-corrected chi connectivity index (χ0v) is 7.33. The molecule has 1 aromatic rings. The van der Waals surface area contributed by atoms with Gasteiger partial charge in [-0.05, 0) is 25.0 Å². The van der Waals surface area contributed by atoms with Gasteiger partial charge in [0.1, 0.15) is 0 Å². The van der Waals surface area contributed by atoms with Gasteiger partial charge in [-0.3, -0.25) is 4.98 Å². The zero-order chi connectivity index (χ0) is 9.14. The topological polar surface area (TPSA) is 38.9 Å². The summed E-state index contributed by atoms with van der Waals surface area (Å²) in [6.45, 7) is 3.89. The maximum Gasteiger partial charge on any atom is 0.0458 e. The van der Waals surface area contributed by atoms with Crippen LogP contribution in [0.1, 0.15) is 29.7 Å². The van der Waals surface area contributed by atoms with Gasteiger partial charge in [-0.25, -0.2) is 0 Å². The number of hydrogen-bond donors (Lipinski definition) is 1. The lowest BCUT2D eigenvalue weighted by Crippen LogP contribution is -2.08. The SMILES string of the molecule is C#Cc1cncc(C(C)N)c1C. The molecule has 62 valence electrons. The van der Waals surface area contributed by atoms with E-state index >= 15 is 0 Å². The van der Waals surface area contributed by atoms with Crippen LogP contribution in [-0.2, 0) is 0 Å². The summed E-state index contributed by atoms with van der Waals surface area (Å²) in [6.07, 6.45) is 8.74. The Morgan fingerprint density at radius 3 is 2.75 bits per heavy atom. The second-order valence-corrected chi connectivity index (χ2v) is 2.83. The van der Waals surface area contributed by atoms with E-state index in [1.165, 1.54) is 0 Å². The first-order valence-corrected chi connectivity index (χ1v) is 3.83. The molecule has 0 saturated heterocycles. The Kier molecular flexibility index (Phi) is 2.47. The third kappa shape index (κ3) is 1.46. The third-order valence-corrected chi connectivity index (χ3v) is 1.90. The predicted molar refractivity (Wildman–Crippen MR) is 49.5 cm³/mol. The van der Waals surface area contributed by atoms with E-state index in [2.05, 4.69) is 10.9 Å². The number of nitrogens with two attached hydrogens (primary N) is 1. The van der Waals surface area contributed by atoms with Crippen LogP contribution in [0.15, 0.2) is 12.4 Å². The highest BCUT2D eigenvalue weighted by Gasteiger charge is 2.05. The highest BCUT2D eigenvalue weighted by molar-refractivity contribution is 5.41. The van der Waals surface area contributed by atoms with Gasteiger partial charge in [-0.1, -0.05) is 5.92 Å². The maximum absolute atomic E-state index is 5.73. The van der Waals surface area contributed by atoms with Gasteiger partial charge in [-0.2, -0.15) is 0 Å². The first kappa shape index (κ1) is 8.76. The number of hydrogen-bond acceptors (Lipinski definition) is 2. The van der Waals surface area contributed by atoms with Crippen LogP contribution in [0.3, 0.4) is 0 Å². The number of aromatic nitrogens is 1. The van der Waals surface area contributed by atoms with E-state index in [1.807, 2.05) is 13.8 Å². The fourth-order valence-electron chi connectivity index (χ4n) is 1.15. The van der Waals surface area contributed by atoms with E-state index in [1.54, 1.807) is 12.4 Å². The maximum atomic E-state index is 5.73. The fraction of sp³-hybridized carbons (Fsp3) is 0.300. The summed E-state index contributed by atoms with van der Waals surface area (Å²) in [5, 5.41) is 0. The van der Waals surface area contributed by atoms with Gasteiger partial charge < -0.3 is 5.73 Å². The van der Waals surface area contributed by atoms with Crippen LogP contribution >= 0.6 is 0 Å². The standard InChI is InChI=1S/C10H12N2/c1-4-9-5-12-6-10(7(9)2)8(3)11/h1,5-6,8H,11H2,2-3H3. The molecule has 1 atom stereocenters. The monoisotopic (exact) mass is 160 g/mol. The average Bonchev–Trinajstić information content (AvgIpc) is 2.04. The van der Waals surface area contributed by atoms with Crippen molar-refractivity contribution in [1.82, 2.24) is 4.98 Å². The van der Waals surface area contributed by atoms with Crippen molar-refractivity contribution in [2.45, 2.75) is 19.9 Å². The molecule has 0 radical (unpaired) electrons. The molecule has 1 heterocycles. The normalized spacial score (nSPS) is 12.2. The van der Waals surface area contributed by atoms with Gasteiger partial charge in [0.15, 0.2) is 0 Å². The van der Waals surface area contributed by atoms with Crippen molar-refractivity contribution in [1.29, 1.82) is 0 Å². The van der Waals surface area contributed by atoms with Crippen molar-refractivity contribution in [3.63, 3.8) is 0 Å². The number of terminal acetylenes is 1. The van der Waals surface area contributed by atoms with Gasteiger partial charge >= 0.3 is 0 Å². The Labute approximate surface area is 72.8 Å². The van der Waals surface area contributed by atoms with Crippen LogP contribution in [0.2, 0.25) is 0 Å². The van der Waals surface area contributed by atoms with Gasteiger partial charge in [0.05, 0.1) is 0 Å². The lowest BCUT2D eigenvalue weighted by molar-refractivity contribution is 0.802. The Morgan fingerprint density at radius 1 is 1.58 bits per heavy atom. The minimum atomic E-state index is -0.00852. The summed E-state index contributed by atoms with van der Waals surface area (Å²) in [6, 6.07) is -0.00852. The van der Waals surface area contributed by atoms with Crippen molar-refractivity contribution < 1.29 is 0 Å². The summed E-state index contributed by atoms with van der Waals surface area (Å²) < 4.78 is 0. The molecular weight excluding hydrogens is 148 g/mol. The van der Waals surface area contributed by atoms with E-state index < -0.39 is 0 Å². The molecule has 0 fully saturated rings. The summed E-state index contributed by atoms with van der Waals surface area (Å²) >= 11 is 0. The molecule has 1 unspecified atom stereocenters. The molecule has 0 aliphatic heterocycles. The minimum absolute atomic E-state index is 0.00852. The highest BCUT2D eigenvalue weighted by atomic mass is 14.7. The van der Waals surface area contributed by atoms with Gasteiger partial charge in [0, 0.05) is 24.0 Å². The summed E-state index contributed by atoms with van der Waals surface area (Å²) in [5.74, 6) is 2.57. The predicted octanol–water partition coefficient (Wildman–Crippen LogP) is 1.39. The Hall–Kier alpha value is -1.33. The molecule has 12 heavy (non-hydrogen) atoms. The van der Waals surface area contributed by atoms with Crippen molar-refractivity contribution in [3.05, 3.63) is 29.1 Å². The van der Waals surface area contributed by atoms with Crippen molar-refractivity contribution in [2.75, 3.05) is 0 Å². The van der Waals surface area contributed by atoms with Crippen LogP contribution in [0.25, 0.3) is 0 Å². The van der Waals surface area contributed by atoms with Crippen molar-refractivity contribution in [3.8, 4) is 12.3 Å². The zero-order valence-electron chi connectivity index (χ0n) is 7.33. The van der Waals surface area contributed by atoms with Crippen molar-refractivity contribution in [2.24, 2.45) is 5.73 Å².